The first kappa shape index (κ1) is 6.92. The molecule has 4 nitrogen and oxygen atoms in total. The van der Waals surface area contributed by atoms with Crippen LogP contribution in [-0.4, -0.2) is 18.9 Å². The van der Waals surface area contributed by atoms with Crippen LogP contribution in [-0.2, 0) is 0 Å². The maximum atomic E-state index is 9.80. The van der Waals surface area contributed by atoms with Crippen LogP contribution in [0.5, 0.6) is 0 Å². The molecule has 1 heterocycles. The van der Waals surface area contributed by atoms with Gasteiger partial charge < -0.3 is 5.32 Å². The summed E-state index contributed by atoms with van der Waals surface area (Å²) in [7, 11) is 0. The quantitative estimate of drug-likeness (QED) is 0.571. The summed E-state index contributed by atoms with van der Waals surface area (Å²) in [6.45, 7) is 2.67. The number of nitrogens with zero attached hydrogens (tertiary/aromatic N) is 2. The summed E-state index contributed by atoms with van der Waals surface area (Å²) in [5.74, 6) is 0. The highest BCUT2D eigenvalue weighted by Crippen LogP contribution is 1.95. The van der Waals surface area contributed by atoms with Crippen LogP contribution in [0.1, 0.15) is 6.92 Å². The molecule has 0 saturated carbocycles. The molecular weight excluding hydrogens is 130 g/mol. The average Bonchev–Trinajstić information content (AvgIpc) is 1.88. The van der Waals surface area contributed by atoms with Crippen LogP contribution in [0.3, 0.4) is 0 Å². The van der Waals surface area contributed by atoms with Crippen molar-refractivity contribution in [3.8, 4) is 0 Å². The van der Waals surface area contributed by atoms with Crippen molar-refractivity contribution in [2.75, 3.05) is 13.2 Å². The zero-order chi connectivity index (χ0) is 7.40. The van der Waals surface area contributed by atoms with Crippen LogP contribution in [0, 0.1) is 4.91 Å². The maximum Gasteiger partial charge on any atom is 0.123 e. The summed E-state index contributed by atoms with van der Waals surface area (Å²) in [6, 6.07) is 0. The molecule has 0 atom stereocenters. The van der Waals surface area contributed by atoms with E-state index in [1.54, 1.807) is 0 Å². The molecule has 0 aromatic rings. The van der Waals surface area contributed by atoms with E-state index in [0.717, 1.165) is 11.4 Å². The van der Waals surface area contributed by atoms with Crippen LogP contribution >= 0.6 is 0 Å². The molecule has 54 valence electrons. The molecule has 0 bridgehead atoms. The number of rotatable bonds is 2. The van der Waals surface area contributed by atoms with E-state index in [1.807, 2.05) is 13.0 Å². The summed E-state index contributed by atoms with van der Waals surface area (Å²) in [5, 5.41) is 5.74. The third-order valence-electron chi connectivity index (χ3n) is 1.25. The van der Waals surface area contributed by atoms with Crippen molar-refractivity contribution in [2.24, 2.45) is 10.2 Å². The van der Waals surface area contributed by atoms with E-state index < -0.39 is 0 Å². The van der Waals surface area contributed by atoms with E-state index in [-0.39, 0.29) is 6.54 Å². The summed E-state index contributed by atoms with van der Waals surface area (Å²) in [4.78, 5) is 13.8. The fourth-order valence-corrected chi connectivity index (χ4v) is 0.774. The lowest BCUT2D eigenvalue weighted by Crippen LogP contribution is -2.19. The molecule has 0 aromatic heterocycles. The van der Waals surface area contributed by atoms with Gasteiger partial charge in [-0.2, -0.15) is 4.91 Å². The molecule has 1 aliphatic heterocycles. The number of allylic oxidation sites excluding steroid dienone is 1. The number of hydrogen-bond donors (Lipinski definition) is 1. The van der Waals surface area contributed by atoms with Crippen molar-refractivity contribution < 1.29 is 0 Å². The Hall–Kier alpha value is -1.19. The second-order valence-corrected chi connectivity index (χ2v) is 2.10. The van der Waals surface area contributed by atoms with E-state index in [1.165, 1.54) is 0 Å². The predicted octanol–water partition coefficient (Wildman–Crippen LogP) is 0.658. The molecule has 0 unspecified atom stereocenters. The van der Waals surface area contributed by atoms with Gasteiger partial charge in [0.1, 0.15) is 13.2 Å². The molecule has 10 heavy (non-hydrogen) atoms. The summed E-state index contributed by atoms with van der Waals surface area (Å²) in [5.41, 5.74) is 1.79. The van der Waals surface area contributed by atoms with Gasteiger partial charge in [-0.1, -0.05) is 5.18 Å². The Morgan fingerprint density at radius 1 is 1.90 bits per heavy atom. The van der Waals surface area contributed by atoms with Crippen LogP contribution in [0.15, 0.2) is 21.9 Å². The number of nitroso groups, excluding NO2 is 1. The normalized spacial score (nSPS) is 16.9. The van der Waals surface area contributed by atoms with Gasteiger partial charge in [-0.25, -0.2) is 0 Å². The van der Waals surface area contributed by atoms with E-state index >= 15 is 0 Å². The lowest BCUT2D eigenvalue weighted by Gasteiger charge is -2.09. The molecule has 4 heteroatoms. The fraction of sp³-hybridized carbons (Fsp3) is 0.500. The minimum absolute atomic E-state index is 0.180. The van der Waals surface area contributed by atoms with Crippen LogP contribution in [0.2, 0.25) is 0 Å². The molecule has 0 radical (unpaired) electrons. The highest BCUT2D eigenvalue weighted by Gasteiger charge is 2.00. The predicted molar refractivity (Wildman–Crippen MR) is 39.9 cm³/mol. The summed E-state index contributed by atoms with van der Waals surface area (Å²) < 4.78 is 0. The molecule has 0 amide bonds. The molecule has 0 fully saturated rings. The Morgan fingerprint density at radius 2 is 2.70 bits per heavy atom. The first-order valence-corrected chi connectivity index (χ1v) is 3.07. The molecule has 0 spiro atoms. The zero-order valence-electron chi connectivity index (χ0n) is 5.79. The first-order valence-electron chi connectivity index (χ1n) is 3.07. The van der Waals surface area contributed by atoms with Gasteiger partial charge in [0.05, 0.1) is 5.71 Å². The van der Waals surface area contributed by atoms with Crippen molar-refractivity contribution in [1.82, 2.24) is 5.32 Å². The third kappa shape index (κ3) is 1.65. The number of nitrogens with one attached hydrogen (secondary N) is 1. The van der Waals surface area contributed by atoms with Crippen LogP contribution < -0.4 is 5.32 Å². The van der Waals surface area contributed by atoms with Gasteiger partial charge in [0, 0.05) is 5.70 Å². The van der Waals surface area contributed by atoms with E-state index in [9.17, 15) is 4.91 Å². The number of aliphatic imine (C=N–C) groups is 1. The van der Waals surface area contributed by atoms with Gasteiger partial charge in [0.25, 0.3) is 0 Å². The highest BCUT2D eigenvalue weighted by molar-refractivity contribution is 5.97. The monoisotopic (exact) mass is 139 g/mol. The lowest BCUT2D eigenvalue weighted by molar-refractivity contribution is 0.813. The molecule has 0 aromatic carbocycles. The zero-order valence-corrected chi connectivity index (χ0v) is 5.79. The highest BCUT2D eigenvalue weighted by atomic mass is 16.3. The van der Waals surface area contributed by atoms with Crippen LogP contribution in [0.4, 0.5) is 0 Å². The van der Waals surface area contributed by atoms with Crippen molar-refractivity contribution in [1.29, 1.82) is 0 Å². The lowest BCUT2D eigenvalue weighted by atomic mass is 10.3. The average molecular weight is 139 g/mol. The van der Waals surface area contributed by atoms with Gasteiger partial charge >= 0.3 is 0 Å². The van der Waals surface area contributed by atoms with Gasteiger partial charge in [0.2, 0.25) is 0 Å². The largest absolute Gasteiger partial charge is 0.370 e. The molecule has 1 aliphatic rings. The van der Waals surface area contributed by atoms with Gasteiger partial charge in [0.15, 0.2) is 0 Å². The Kier molecular flexibility index (Phi) is 2.15. The molecular formula is C6H9N3O. The van der Waals surface area contributed by atoms with Crippen LogP contribution in [0.25, 0.3) is 0 Å². The minimum Gasteiger partial charge on any atom is -0.370 e. The van der Waals surface area contributed by atoms with Gasteiger partial charge in [-0.05, 0) is 13.0 Å². The smallest absolute Gasteiger partial charge is 0.123 e. The standard InChI is InChI=1S/C6H9N3O/c1-5-2-6(3-9-10)8-4-7-5/h2,7H,3-4H2,1H3. The number of hydrogen-bond acceptors (Lipinski definition) is 4. The molecule has 0 saturated heterocycles. The Balaban J connectivity index is 2.59. The van der Waals surface area contributed by atoms with Gasteiger partial charge in [-0.3, -0.25) is 4.99 Å². The minimum atomic E-state index is 0.180. The third-order valence-corrected chi connectivity index (χ3v) is 1.25. The Morgan fingerprint density at radius 3 is 3.30 bits per heavy atom. The summed E-state index contributed by atoms with van der Waals surface area (Å²) in [6.07, 6.45) is 1.82. The fourth-order valence-electron chi connectivity index (χ4n) is 0.774. The van der Waals surface area contributed by atoms with E-state index in [2.05, 4.69) is 15.5 Å². The second kappa shape index (κ2) is 3.10. The topological polar surface area (TPSA) is 53.8 Å². The Bertz CT molecular complexity index is 195. The first-order chi connectivity index (χ1) is 4.83. The second-order valence-electron chi connectivity index (χ2n) is 2.10. The molecule has 0 aliphatic carbocycles. The van der Waals surface area contributed by atoms with Crippen molar-refractivity contribution in [3.63, 3.8) is 0 Å². The van der Waals surface area contributed by atoms with E-state index in [0.29, 0.717) is 6.67 Å². The van der Waals surface area contributed by atoms with Crippen molar-refractivity contribution in [3.05, 3.63) is 16.7 Å². The summed E-state index contributed by atoms with van der Waals surface area (Å²) >= 11 is 0. The van der Waals surface area contributed by atoms with Gasteiger partial charge in [-0.15, -0.1) is 0 Å². The maximum absolute atomic E-state index is 9.80. The Labute approximate surface area is 59.0 Å². The SMILES string of the molecule is CC1=CC(CN=O)=NCN1. The van der Waals surface area contributed by atoms with Crippen molar-refractivity contribution >= 4 is 5.71 Å². The molecule has 1 rings (SSSR count). The molecule has 1 N–H and O–H groups in total. The van der Waals surface area contributed by atoms with Crippen molar-refractivity contribution in [2.45, 2.75) is 6.92 Å². The van der Waals surface area contributed by atoms with E-state index in [4.69, 9.17) is 0 Å².